The predicted octanol–water partition coefficient (Wildman–Crippen LogP) is 2.40. The lowest BCUT2D eigenvalue weighted by molar-refractivity contribution is -0.137. The second kappa shape index (κ2) is 4.73. The van der Waals surface area contributed by atoms with Gasteiger partial charge in [0.1, 0.15) is 0 Å². The molecule has 0 saturated carbocycles. The Morgan fingerprint density at radius 1 is 1.27 bits per heavy atom. The minimum absolute atomic E-state index is 0.205. The van der Waals surface area contributed by atoms with E-state index in [1.54, 1.807) is 13.0 Å². The molecule has 3 nitrogen and oxygen atoms in total. The number of benzene rings is 1. The predicted molar refractivity (Wildman–Crippen MR) is 56.6 cm³/mol. The monoisotopic (exact) mass is 206 g/mol. The summed E-state index contributed by atoms with van der Waals surface area (Å²) in [5, 5.41) is 0. The molecule has 0 fully saturated rings. The van der Waals surface area contributed by atoms with Crippen molar-refractivity contribution in [3.8, 4) is 0 Å². The topological polar surface area (TPSA) is 43.4 Å². The Hall–Kier alpha value is -1.64. The fraction of sp³-hybridized carbons (Fsp3) is 0.333. The molecule has 3 heteroatoms. The number of esters is 2. The third kappa shape index (κ3) is 2.91. The van der Waals surface area contributed by atoms with E-state index in [4.69, 9.17) is 0 Å². The summed E-state index contributed by atoms with van der Waals surface area (Å²) in [6, 6.07) is 5.38. The maximum atomic E-state index is 11.5. The summed E-state index contributed by atoms with van der Waals surface area (Å²) in [4.78, 5) is 22.4. The molecular formula is C12H14O3. The molecule has 0 N–H and O–H groups in total. The smallest absolute Gasteiger partial charge is 0.346 e. The molecule has 80 valence electrons. The number of hydrogen-bond donors (Lipinski definition) is 0. The molecular weight excluding hydrogens is 192 g/mol. The van der Waals surface area contributed by atoms with Gasteiger partial charge in [0.05, 0.1) is 5.56 Å². The quantitative estimate of drug-likeness (QED) is 0.551. The molecule has 0 aliphatic carbocycles. The summed E-state index contributed by atoms with van der Waals surface area (Å²) in [5.41, 5.74) is 2.34. The maximum absolute atomic E-state index is 11.5. The van der Waals surface area contributed by atoms with Crippen LogP contribution in [0.4, 0.5) is 0 Å². The van der Waals surface area contributed by atoms with E-state index in [1.807, 2.05) is 26.0 Å². The highest BCUT2D eigenvalue weighted by Gasteiger charge is 2.13. The summed E-state index contributed by atoms with van der Waals surface area (Å²) in [6.07, 6.45) is 0.205. The summed E-state index contributed by atoms with van der Waals surface area (Å²) in [7, 11) is 0. The van der Waals surface area contributed by atoms with Crippen LogP contribution in [0.25, 0.3) is 0 Å². The van der Waals surface area contributed by atoms with Gasteiger partial charge in [-0.1, -0.05) is 24.6 Å². The third-order valence-electron chi connectivity index (χ3n) is 2.10. The lowest BCUT2D eigenvalue weighted by atomic mass is 10.1. The summed E-state index contributed by atoms with van der Waals surface area (Å²) in [5.74, 6) is -1.07. The Balaban J connectivity index is 2.87. The summed E-state index contributed by atoms with van der Waals surface area (Å²) >= 11 is 0. The fourth-order valence-electron chi connectivity index (χ4n) is 1.27. The molecule has 0 aliphatic rings. The van der Waals surface area contributed by atoms with Crippen LogP contribution in [-0.2, 0) is 9.53 Å². The Morgan fingerprint density at radius 2 is 1.93 bits per heavy atom. The largest absolute Gasteiger partial charge is 0.389 e. The number of aryl methyl sites for hydroxylation is 2. The fourth-order valence-corrected chi connectivity index (χ4v) is 1.27. The van der Waals surface area contributed by atoms with Crippen molar-refractivity contribution < 1.29 is 14.3 Å². The molecule has 0 aliphatic heterocycles. The Morgan fingerprint density at radius 3 is 2.47 bits per heavy atom. The van der Waals surface area contributed by atoms with Crippen LogP contribution in [0.2, 0.25) is 0 Å². The second-order valence-corrected chi connectivity index (χ2v) is 3.43. The van der Waals surface area contributed by atoms with E-state index >= 15 is 0 Å². The maximum Gasteiger partial charge on any atom is 0.346 e. The van der Waals surface area contributed by atoms with Crippen molar-refractivity contribution >= 4 is 11.9 Å². The van der Waals surface area contributed by atoms with Gasteiger partial charge in [-0.05, 0) is 25.5 Å². The number of hydrogen-bond acceptors (Lipinski definition) is 3. The van der Waals surface area contributed by atoms with E-state index < -0.39 is 11.9 Å². The van der Waals surface area contributed by atoms with Crippen molar-refractivity contribution in [3.05, 3.63) is 34.9 Å². The second-order valence-electron chi connectivity index (χ2n) is 3.43. The van der Waals surface area contributed by atoms with Crippen molar-refractivity contribution in [1.82, 2.24) is 0 Å². The van der Waals surface area contributed by atoms with Crippen molar-refractivity contribution in [2.45, 2.75) is 27.2 Å². The van der Waals surface area contributed by atoms with E-state index in [9.17, 15) is 9.59 Å². The van der Waals surface area contributed by atoms with Crippen LogP contribution in [0.1, 0.15) is 34.8 Å². The van der Waals surface area contributed by atoms with Gasteiger partial charge in [-0.3, -0.25) is 4.79 Å². The van der Waals surface area contributed by atoms with E-state index in [2.05, 4.69) is 4.74 Å². The summed E-state index contributed by atoms with van der Waals surface area (Å²) in [6.45, 7) is 5.41. The van der Waals surface area contributed by atoms with Gasteiger partial charge in [0.2, 0.25) is 0 Å². The molecule has 0 atom stereocenters. The van der Waals surface area contributed by atoms with Crippen molar-refractivity contribution in [1.29, 1.82) is 0 Å². The number of carbonyl (C=O) groups excluding carboxylic acids is 2. The Labute approximate surface area is 89.1 Å². The molecule has 0 radical (unpaired) electrons. The molecule has 0 amide bonds. The first kappa shape index (κ1) is 11.4. The molecule has 1 aromatic rings. The molecule has 0 heterocycles. The van der Waals surface area contributed by atoms with Gasteiger partial charge in [0, 0.05) is 6.42 Å². The van der Waals surface area contributed by atoms with Crippen molar-refractivity contribution in [3.63, 3.8) is 0 Å². The van der Waals surface area contributed by atoms with E-state index in [-0.39, 0.29) is 6.42 Å². The Kier molecular flexibility index (Phi) is 3.61. The molecule has 0 aromatic heterocycles. The van der Waals surface area contributed by atoms with Crippen LogP contribution in [0.3, 0.4) is 0 Å². The van der Waals surface area contributed by atoms with Crippen molar-refractivity contribution in [2.24, 2.45) is 0 Å². The highest BCUT2D eigenvalue weighted by molar-refractivity contribution is 5.97. The van der Waals surface area contributed by atoms with E-state index in [1.165, 1.54) is 0 Å². The van der Waals surface area contributed by atoms with Gasteiger partial charge in [0.15, 0.2) is 0 Å². The van der Waals surface area contributed by atoms with Crippen LogP contribution >= 0.6 is 0 Å². The summed E-state index contributed by atoms with van der Waals surface area (Å²) < 4.78 is 4.63. The molecule has 0 unspecified atom stereocenters. The SMILES string of the molecule is CCC(=O)OC(=O)c1ccc(C)cc1C. The standard InChI is InChI=1S/C12H14O3/c1-4-11(13)15-12(14)10-6-5-8(2)7-9(10)3/h5-7H,4H2,1-3H3. The minimum atomic E-state index is -0.570. The van der Waals surface area contributed by atoms with E-state index in [0.717, 1.165) is 11.1 Å². The van der Waals surface area contributed by atoms with Gasteiger partial charge in [-0.25, -0.2) is 4.79 Å². The van der Waals surface area contributed by atoms with Crippen LogP contribution in [0.5, 0.6) is 0 Å². The molecule has 0 bridgehead atoms. The van der Waals surface area contributed by atoms with E-state index in [0.29, 0.717) is 5.56 Å². The van der Waals surface area contributed by atoms with Crippen LogP contribution in [0.15, 0.2) is 18.2 Å². The van der Waals surface area contributed by atoms with Crippen LogP contribution in [-0.4, -0.2) is 11.9 Å². The van der Waals surface area contributed by atoms with Gasteiger partial charge in [0.25, 0.3) is 0 Å². The highest BCUT2D eigenvalue weighted by Crippen LogP contribution is 2.12. The van der Waals surface area contributed by atoms with Gasteiger partial charge in [-0.15, -0.1) is 0 Å². The Bertz CT molecular complexity index is 394. The average Bonchev–Trinajstić information content (AvgIpc) is 2.17. The molecule has 1 aromatic carbocycles. The average molecular weight is 206 g/mol. The van der Waals surface area contributed by atoms with Gasteiger partial charge in [-0.2, -0.15) is 0 Å². The normalized spacial score (nSPS) is 9.80. The lowest BCUT2D eigenvalue weighted by Crippen LogP contribution is -2.12. The number of rotatable bonds is 2. The zero-order chi connectivity index (χ0) is 11.4. The lowest BCUT2D eigenvalue weighted by Gasteiger charge is -2.05. The third-order valence-corrected chi connectivity index (χ3v) is 2.10. The van der Waals surface area contributed by atoms with Gasteiger partial charge >= 0.3 is 11.9 Å². The van der Waals surface area contributed by atoms with Crippen molar-refractivity contribution in [2.75, 3.05) is 0 Å². The first-order valence-electron chi connectivity index (χ1n) is 4.87. The number of ether oxygens (including phenoxy) is 1. The first-order valence-corrected chi connectivity index (χ1v) is 4.87. The zero-order valence-electron chi connectivity index (χ0n) is 9.16. The molecule has 1 rings (SSSR count). The molecule has 15 heavy (non-hydrogen) atoms. The highest BCUT2D eigenvalue weighted by atomic mass is 16.6. The molecule has 0 spiro atoms. The van der Waals surface area contributed by atoms with Gasteiger partial charge < -0.3 is 4.74 Å². The minimum Gasteiger partial charge on any atom is -0.389 e. The zero-order valence-corrected chi connectivity index (χ0v) is 9.16. The number of carbonyl (C=O) groups is 2. The van der Waals surface area contributed by atoms with Crippen LogP contribution < -0.4 is 0 Å². The van der Waals surface area contributed by atoms with Crippen LogP contribution in [0, 0.1) is 13.8 Å². The molecule has 0 saturated heterocycles. The first-order chi connectivity index (χ1) is 7.04.